The Morgan fingerprint density at radius 1 is 1.32 bits per heavy atom. The van der Waals surface area contributed by atoms with Crippen LogP contribution in [0.2, 0.25) is 0 Å². The molecule has 0 bridgehead atoms. The van der Waals surface area contributed by atoms with Crippen LogP contribution in [0.5, 0.6) is 5.75 Å². The summed E-state index contributed by atoms with van der Waals surface area (Å²) >= 11 is 0. The highest BCUT2D eigenvalue weighted by Gasteiger charge is 2.42. The smallest absolute Gasteiger partial charge is 0.205 e. The maximum atomic E-state index is 13.2. The monoisotopic (exact) mass is 338 g/mol. The van der Waals surface area contributed by atoms with Crippen LogP contribution in [0.3, 0.4) is 0 Å². The van der Waals surface area contributed by atoms with E-state index in [1.807, 2.05) is 19.1 Å². The molecule has 1 aliphatic carbocycles. The SMILES string of the molecule is CCOc1ccc(C2C(=O)C3=C(CC(C)(C)C3)OC(N)=C2C#N)cc1. The average molecular weight is 338 g/mol. The molecule has 25 heavy (non-hydrogen) atoms. The van der Waals surface area contributed by atoms with Gasteiger partial charge in [0.1, 0.15) is 23.2 Å². The second kappa shape index (κ2) is 6.29. The van der Waals surface area contributed by atoms with Gasteiger partial charge in [-0.2, -0.15) is 5.26 Å². The van der Waals surface area contributed by atoms with Crippen LogP contribution in [-0.2, 0) is 9.53 Å². The predicted octanol–water partition coefficient (Wildman–Crippen LogP) is 3.54. The number of rotatable bonds is 3. The molecule has 3 rings (SSSR count). The van der Waals surface area contributed by atoms with Crippen LogP contribution in [-0.4, -0.2) is 12.4 Å². The van der Waals surface area contributed by atoms with Crippen molar-refractivity contribution in [3.05, 3.63) is 52.6 Å². The van der Waals surface area contributed by atoms with Gasteiger partial charge in [0.2, 0.25) is 5.88 Å². The number of ether oxygens (including phenoxy) is 2. The Kier molecular flexibility index (Phi) is 4.30. The number of hydrogen-bond acceptors (Lipinski definition) is 5. The number of hydrogen-bond donors (Lipinski definition) is 1. The third-order valence-electron chi connectivity index (χ3n) is 4.62. The van der Waals surface area contributed by atoms with Crippen LogP contribution in [0.4, 0.5) is 0 Å². The van der Waals surface area contributed by atoms with Gasteiger partial charge in [-0.15, -0.1) is 0 Å². The van der Waals surface area contributed by atoms with Crippen LogP contribution >= 0.6 is 0 Å². The van der Waals surface area contributed by atoms with Crippen molar-refractivity contribution in [1.82, 2.24) is 0 Å². The zero-order chi connectivity index (χ0) is 18.2. The summed E-state index contributed by atoms with van der Waals surface area (Å²) in [5, 5.41) is 9.58. The van der Waals surface area contributed by atoms with Crippen LogP contribution in [0.1, 0.15) is 45.1 Å². The zero-order valence-electron chi connectivity index (χ0n) is 14.8. The Morgan fingerprint density at radius 3 is 2.60 bits per heavy atom. The summed E-state index contributed by atoms with van der Waals surface area (Å²) in [4.78, 5) is 13.2. The van der Waals surface area contributed by atoms with Gasteiger partial charge in [-0.05, 0) is 36.5 Å². The minimum absolute atomic E-state index is 0.0254. The van der Waals surface area contributed by atoms with E-state index < -0.39 is 5.92 Å². The number of nitrogens with two attached hydrogens (primary N) is 1. The second-order valence-electron chi connectivity index (χ2n) is 7.21. The maximum absolute atomic E-state index is 13.2. The lowest BCUT2D eigenvalue weighted by Gasteiger charge is -2.20. The van der Waals surface area contributed by atoms with Crippen LogP contribution in [0.15, 0.2) is 47.1 Å². The number of allylic oxidation sites excluding steroid dienone is 3. The lowest BCUT2D eigenvalue weighted by atomic mass is 9.82. The normalized spacial score (nSPS) is 22.2. The van der Waals surface area contributed by atoms with Crippen molar-refractivity contribution in [1.29, 1.82) is 5.26 Å². The Bertz CT molecular complexity index is 810. The average Bonchev–Trinajstić information content (AvgIpc) is 2.83. The van der Waals surface area contributed by atoms with E-state index in [9.17, 15) is 10.1 Å². The highest BCUT2D eigenvalue weighted by Crippen LogP contribution is 2.47. The molecular weight excluding hydrogens is 316 g/mol. The van der Waals surface area contributed by atoms with Crippen molar-refractivity contribution in [2.75, 3.05) is 6.61 Å². The van der Waals surface area contributed by atoms with E-state index >= 15 is 0 Å². The molecule has 0 radical (unpaired) electrons. The third-order valence-corrected chi connectivity index (χ3v) is 4.62. The van der Waals surface area contributed by atoms with Crippen LogP contribution < -0.4 is 10.5 Å². The summed E-state index contributed by atoms with van der Waals surface area (Å²) < 4.78 is 11.2. The van der Waals surface area contributed by atoms with Gasteiger partial charge in [0.25, 0.3) is 0 Å². The minimum atomic E-state index is -0.734. The molecule has 5 heteroatoms. The zero-order valence-corrected chi connectivity index (χ0v) is 14.8. The highest BCUT2D eigenvalue weighted by atomic mass is 16.5. The number of nitrogens with zero attached hydrogens (tertiary/aromatic N) is 1. The molecule has 0 saturated carbocycles. The topological polar surface area (TPSA) is 85.3 Å². The lowest BCUT2D eigenvalue weighted by Crippen LogP contribution is -2.19. The van der Waals surface area contributed by atoms with Gasteiger partial charge in [0, 0.05) is 12.0 Å². The molecule has 5 nitrogen and oxygen atoms in total. The van der Waals surface area contributed by atoms with Crippen molar-refractivity contribution in [2.24, 2.45) is 11.1 Å². The number of ketones is 1. The molecule has 0 saturated heterocycles. The Labute approximate surface area is 147 Å². The van der Waals surface area contributed by atoms with Crippen LogP contribution in [0.25, 0.3) is 0 Å². The molecule has 0 amide bonds. The molecule has 1 aromatic rings. The minimum Gasteiger partial charge on any atom is -0.494 e. The van der Waals surface area contributed by atoms with E-state index in [-0.39, 0.29) is 22.7 Å². The standard InChI is InChI=1S/C20H22N2O3/c1-4-24-13-7-5-12(6-8-13)17-15(11-21)19(22)25-16-10-20(2,3)9-14(16)18(17)23/h5-8,17H,4,9-10,22H2,1-3H3. The van der Waals surface area contributed by atoms with E-state index in [0.29, 0.717) is 30.8 Å². The number of benzene rings is 1. The number of Topliss-reactive ketones (excluding diaryl/α,β-unsaturated/α-hetero) is 1. The lowest BCUT2D eigenvalue weighted by molar-refractivity contribution is -0.116. The fraction of sp³-hybridized carbons (Fsp3) is 0.400. The molecular formula is C20H22N2O3. The summed E-state index contributed by atoms with van der Waals surface area (Å²) in [7, 11) is 0. The van der Waals surface area contributed by atoms with E-state index in [4.69, 9.17) is 15.2 Å². The van der Waals surface area contributed by atoms with Gasteiger partial charge >= 0.3 is 0 Å². The first-order chi connectivity index (χ1) is 11.9. The molecule has 1 aliphatic heterocycles. The first-order valence-electron chi connectivity index (χ1n) is 8.43. The summed E-state index contributed by atoms with van der Waals surface area (Å²) in [6.45, 7) is 6.66. The van der Waals surface area contributed by atoms with Gasteiger partial charge < -0.3 is 15.2 Å². The maximum Gasteiger partial charge on any atom is 0.205 e. The van der Waals surface area contributed by atoms with Crippen molar-refractivity contribution >= 4 is 5.78 Å². The van der Waals surface area contributed by atoms with Crippen molar-refractivity contribution in [3.8, 4) is 11.8 Å². The number of nitriles is 1. The second-order valence-corrected chi connectivity index (χ2v) is 7.21. The summed E-state index contributed by atoms with van der Waals surface area (Å²) in [5.74, 6) is 0.524. The van der Waals surface area contributed by atoms with Crippen molar-refractivity contribution < 1.29 is 14.3 Å². The molecule has 130 valence electrons. The van der Waals surface area contributed by atoms with Gasteiger partial charge in [-0.3, -0.25) is 4.79 Å². The van der Waals surface area contributed by atoms with Crippen molar-refractivity contribution in [2.45, 2.75) is 39.5 Å². The molecule has 1 unspecified atom stereocenters. The van der Waals surface area contributed by atoms with Crippen molar-refractivity contribution in [3.63, 3.8) is 0 Å². The molecule has 2 N–H and O–H groups in total. The summed E-state index contributed by atoms with van der Waals surface area (Å²) in [6, 6.07) is 9.30. The molecule has 2 aliphatic rings. The first-order valence-corrected chi connectivity index (χ1v) is 8.43. The third kappa shape index (κ3) is 3.12. The highest BCUT2D eigenvalue weighted by molar-refractivity contribution is 6.04. The quantitative estimate of drug-likeness (QED) is 0.911. The summed E-state index contributed by atoms with van der Waals surface area (Å²) in [5.41, 5.74) is 7.51. The van der Waals surface area contributed by atoms with E-state index in [2.05, 4.69) is 19.9 Å². The molecule has 0 spiro atoms. The molecule has 1 aromatic carbocycles. The number of carbonyl (C=O) groups excluding carboxylic acids is 1. The molecule has 1 heterocycles. The van der Waals surface area contributed by atoms with E-state index in [1.54, 1.807) is 12.1 Å². The molecule has 0 aromatic heterocycles. The first kappa shape index (κ1) is 17.1. The molecule has 0 fully saturated rings. The van der Waals surface area contributed by atoms with E-state index in [0.717, 1.165) is 11.3 Å². The number of carbonyl (C=O) groups is 1. The fourth-order valence-corrected chi connectivity index (χ4v) is 3.50. The van der Waals surface area contributed by atoms with Gasteiger partial charge in [-0.1, -0.05) is 26.0 Å². The Morgan fingerprint density at radius 2 is 2.00 bits per heavy atom. The fourth-order valence-electron chi connectivity index (χ4n) is 3.50. The van der Waals surface area contributed by atoms with Crippen LogP contribution in [0, 0.1) is 16.7 Å². The predicted molar refractivity (Wildman–Crippen MR) is 93.3 cm³/mol. The molecule has 1 atom stereocenters. The largest absolute Gasteiger partial charge is 0.494 e. The van der Waals surface area contributed by atoms with Gasteiger partial charge in [-0.25, -0.2) is 0 Å². The Balaban J connectivity index is 2.05. The van der Waals surface area contributed by atoms with Gasteiger partial charge in [0.15, 0.2) is 5.78 Å². The van der Waals surface area contributed by atoms with Gasteiger partial charge in [0.05, 0.1) is 12.5 Å². The summed E-state index contributed by atoms with van der Waals surface area (Å²) in [6.07, 6.45) is 1.27. The Hall–Kier alpha value is -2.74. The van der Waals surface area contributed by atoms with E-state index in [1.165, 1.54) is 0 Å².